The molecule has 37 heavy (non-hydrogen) atoms. The number of nitrogens with zero attached hydrogens (tertiary/aromatic N) is 5. The van der Waals surface area contributed by atoms with Crippen molar-refractivity contribution < 1.29 is 18.3 Å². The average molecular weight is 506 g/mol. The molecule has 1 aromatic carbocycles. The fourth-order valence-electron chi connectivity index (χ4n) is 4.72. The molecule has 2 aliphatic heterocycles. The summed E-state index contributed by atoms with van der Waals surface area (Å²) in [4.78, 5) is 25.5. The lowest BCUT2D eigenvalue weighted by Crippen LogP contribution is -2.36. The fourth-order valence-corrected chi connectivity index (χ4v) is 4.72. The Hall–Kier alpha value is -4.12. The van der Waals surface area contributed by atoms with Crippen molar-refractivity contribution in [3.63, 3.8) is 0 Å². The van der Waals surface area contributed by atoms with Crippen LogP contribution in [0.3, 0.4) is 0 Å². The number of amides is 1. The second kappa shape index (κ2) is 9.40. The van der Waals surface area contributed by atoms with Gasteiger partial charge < -0.3 is 19.9 Å². The lowest BCUT2D eigenvalue weighted by atomic mass is 10.0. The highest BCUT2D eigenvalue weighted by molar-refractivity contribution is 6.11. The third-order valence-electron chi connectivity index (χ3n) is 6.71. The summed E-state index contributed by atoms with van der Waals surface area (Å²) in [5.41, 5.74) is 4.31. The van der Waals surface area contributed by atoms with Crippen molar-refractivity contribution >= 4 is 34.0 Å². The van der Waals surface area contributed by atoms with Gasteiger partial charge in [0.1, 0.15) is 5.82 Å². The number of H-pyrrole nitrogens is 1. The first-order valence-corrected chi connectivity index (χ1v) is 12.1. The zero-order valence-corrected chi connectivity index (χ0v) is 20.0. The molecule has 0 spiro atoms. The summed E-state index contributed by atoms with van der Waals surface area (Å²) in [6.45, 7) is 2.91. The summed E-state index contributed by atoms with van der Waals surface area (Å²) in [5, 5.41) is 10.6. The van der Waals surface area contributed by atoms with Gasteiger partial charge in [-0.2, -0.15) is 5.10 Å². The zero-order chi connectivity index (χ0) is 25.4. The molecular weight excluding hydrogens is 480 g/mol. The molecule has 6 rings (SSSR count). The van der Waals surface area contributed by atoms with Crippen LogP contribution in [0.2, 0.25) is 0 Å². The minimum Gasteiger partial charge on any atom is -0.378 e. The molecule has 2 aliphatic rings. The summed E-state index contributed by atoms with van der Waals surface area (Å²) in [7, 11) is 0. The lowest BCUT2D eigenvalue weighted by Gasteiger charge is -2.28. The number of anilines is 3. The summed E-state index contributed by atoms with van der Waals surface area (Å²) in [6, 6.07) is 11.1. The van der Waals surface area contributed by atoms with E-state index in [1.165, 1.54) is 11.1 Å². The molecule has 0 radical (unpaired) electrons. The van der Waals surface area contributed by atoms with Crippen molar-refractivity contribution in [3.05, 3.63) is 60.7 Å². The van der Waals surface area contributed by atoms with E-state index in [1.54, 1.807) is 18.3 Å². The van der Waals surface area contributed by atoms with Gasteiger partial charge in [-0.05, 0) is 35.9 Å². The van der Waals surface area contributed by atoms with E-state index >= 15 is 0 Å². The van der Waals surface area contributed by atoms with E-state index in [0.717, 1.165) is 35.4 Å². The number of fused-ring (bicyclic) bond motifs is 1. The molecule has 0 atom stereocenters. The minimum absolute atomic E-state index is 0.186. The van der Waals surface area contributed by atoms with Crippen LogP contribution in [-0.4, -0.2) is 71.4 Å². The Morgan fingerprint density at radius 3 is 2.62 bits per heavy atom. The number of morpholine rings is 1. The normalized spacial score (nSPS) is 17.4. The SMILES string of the molecule is O=C(Nc1ccc(N2CCC(F)(F)C2)nc1)c1n[nH]c2ccc(-c3cncc(N4CCOCC4)c3)cc12. The number of hydrogen-bond donors (Lipinski definition) is 2. The predicted molar refractivity (Wildman–Crippen MR) is 136 cm³/mol. The summed E-state index contributed by atoms with van der Waals surface area (Å²) < 4.78 is 32.5. The Morgan fingerprint density at radius 2 is 1.86 bits per heavy atom. The summed E-state index contributed by atoms with van der Waals surface area (Å²) >= 11 is 0. The number of aromatic nitrogens is 4. The van der Waals surface area contributed by atoms with E-state index in [-0.39, 0.29) is 25.2 Å². The summed E-state index contributed by atoms with van der Waals surface area (Å²) in [5.74, 6) is -2.64. The van der Waals surface area contributed by atoms with E-state index in [0.29, 0.717) is 30.1 Å². The highest BCUT2D eigenvalue weighted by Crippen LogP contribution is 2.31. The Bertz CT molecular complexity index is 1430. The largest absolute Gasteiger partial charge is 0.378 e. The van der Waals surface area contributed by atoms with Gasteiger partial charge in [-0.25, -0.2) is 13.8 Å². The number of carbonyl (C=O) groups excluding carboxylic acids is 1. The first-order chi connectivity index (χ1) is 17.9. The Morgan fingerprint density at radius 1 is 1.00 bits per heavy atom. The molecular formula is C26H25F2N7O2. The fraction of sp³-hybridized carbons (Fsp3) is 0.308. The molecule has 2 saturated heterocycles. The highest BCUT2D eigenvalue weighted by atomic mass is 19.3. The third kappa shape index (κ3) is 4.82. The van der Waals surface area contributed by atoms with Crippen LogP contribution in [0.5, 0.6) is 0 Å². The van der Waals surface area contributed by atoms with E-state index < -0.39 is 11.8 Å². The number of benzene rings is 1. The zero-order valence-electron chi connectivity index (χ0n) is 20.0. The molecule has 0 aliphatic carbocycles. The molecule has 0 bridgehead atoms. The second-order valence-corrected chi connectivity index (χ2v) is 9.25. The van der Waals surface area contributed by atoms with Crippen molar-refractivity contribution in [2.24, 2.45) is 0 Å². The number of pyridine rings is 2. The average Bonchev–Trinajstić information content (AvgIpc) is 3.52. The van der Waals surface area contributed by atoms with Crippen LogP contribution in [0.25, 0.3) is 22.0 Å². The van der Waals surface area contributed by atoms with Gasteiger partial charge in [-0.15, -0.1) is 0 Å². The maximum atomic E-state index is 13.5. The van der Waals surface area contributed by atoms with Gasteiger partial charge in [0.15, 0.2) is 5.69 Å². The van der Waals surface area contributed by atoms with Crippen molar-refractivity contribution in [1.29, 1.82) is 0 Å². The smallest absolute Gasteiger partial charge is 0.276 e. The van der Waals surface area contributed by atoms with Gasteiger partial charge >= 0.3 is 0 Å². The van der Waals surface area contributed by atoms with Crippen LogP contribution in [0, 0.1) is 0 Å². The molecule has 4 aromatic rings. The van der Waals surface area contributed by atoms with Crippen LogP contribution in [0.15, 0.2) is 55.0 Å². The van der Waals surface area contributed by atoms with Crippen LogP contribution in [0.1, 0.15) is 16.9 Å². The number of aromatic amines is 1. The van der Waals surface area contributed by atoms with Crippen molar-refractivity contribution in [3.8, 4) is 11.1 Å². The van der Waals surface area contributed by atoms with E-state index in [1.807, 2.05) is 24.4 Å². The molecule has 2 fully saturated rings. The quantitative estimate of drug-likeness (QED) is 0.424. The van der Waals surface area contributed by atoms with Crippen LogP contribution >= 0.6 is 0 Å². The van der Waals surface area contributed by atoms with Crippen LogP contribution < -0.4 is 15.1 Å². The van der Waals surface area contributed by atoms with Gasteiger partial charge in [0.25, 0.3) is 11.8 Å². The molecule has 1 amide bonds. The van der Waals surface area contributed by atoms with Gasteiger partial charge in [-0.3, -0.25) is 14.9 Å². The molecule has 5 heterocycles. The standard InChI is InChI=1S/C26H25F2N7O2/c27-26(28)5-6-35(16-26)23-4-2-19(14-30-23)31-25(36)24-21-12-17(1-3-22(21)32-33-24)18-11-20(15-29-13-18)34-7-9-37-10-8-34/h1-4,11-15H,5-10,16H2,(H,31,36)(H,32,33). The van der Waals surface area contributed by atoms with Crippen molar-refractivity contribution in [1.82, 2.24) is 20.2 Å². The predicted octanol–water partition coefficient (Wildman–Crippen LogP) is 3.95. The molecule has 0 unspecified atom stereocenters. The molecule has 9 nitrogen and oxygen atoms in total. The Kier molecular flexibility index (Phi) is 5.91. The number of alkyl halides is 2. The first-order valence-electron chi connectivity index (χ1n) is 12.1. The molecule has 3 aromatic heterocycles. The van der Waals surface area contributed by atoms with E-state index in [2.05, 4.69) is 36.4 Å². The Labute approximate surface area is 211 Å². The molecule has 11 heteroatoms. The highest BCUT2D eigenvalue weighted by Gasteiger charge is 2.38. The topological polar surface area (TPSA) is 99.3 Å². The molecule has 190 valence electrons. The van der Waals surface area contributed by atoms with Crippen molar-refractivity contribution in [2.45, 2.75) is 12.3 Å². The number of rotatable bonds is 5. The minimum atomic E-state index is -2.70. The third-order valence-corrected chi connectivity index (χ3v) is 6.71. The van der Waals surface area contributed by atoms with Crippen LogP contribution in [0.4, 0.5) is 26.0 Å². The van der Waals surface area contributed by atoms with Crippen molar-refractivity contribution in [2.75, 3.05) is 54.5 Å². The van der Waals surface area contributed by atoms with Gasteiger partial charge in [0.05, 0.1) is 49.0 Å². The van der Waals surface area contributed by atoms with E-state index in [4.69, 9.17) is 4.74 Å². The van der Waals surface area contributed by atoms with Gasteiger partial charge in [0.2, 0.25) is 0 Å². The number of carbonyl (C=O) groups is 1. The van der Waals surface area contributed by atoms with E-state index in [9.17, 15) is 13.6 Å². The second-order valence-electron chi connectivity index (χ2n) is 9.25. The lowest BCUT2D eigenvalue weighted by molar-refractivity contribution is 0.0256. The number of halogens is 2. The first kappa shape index (κ1) is 23.3. The monoisotopic (exact) mass is 505 g/mol. The number of ether oxygens (including phenoxy) is 1. The summed E-state index contributed by atoms with van der Waals surface area (Å²) in [6.07, 6.45) is 4.93. The van der Waals surface area contributed by atoms with Gasteiger partial charge in [0, 0.05) is 43.2 Å². The van der Waals surface area contributed by atoms with Gasteiger partial charge in [-0.1, -0.05) is 6.07 Å². The molecule has 2 N–H and O–H groups in total. The van der Waals surface area contributed by atoms with Crippen LogP contribution in [-0.2, 0) is 4.74 Å². The number of nitrogens with one attached hydrogen (secondary N) is 2. The number of hydrogen-bond acceptors (Lipinski definition) is 7. The maximum Gasteiger partial charge on any atom is 0.276 e. The maximum absolute atomic E-state index is 13.5. The Balaban J connectivity index is 1.21. The molecule has 0 saturated carbocycles.